The van der Waals surface area contributed by atoms with E-state index in [9.17, 15) is 9.59 Å². The number of rotatable bonds is 5. The molecule has 1 saturated heterocycles. The molecule has 150 valence electrons. The predicted octanol–water partition coefficient (Wildman–Crippen LogP) is 3.23. The van der Waals surface area contributed by atoms with Gasteiger partial charge in [-0.25, -0.2) is 4.79 Å². The van der Waals surface area contributed by atoms with Crippen molar-refractivity contribution in [3.8, 4) is 0 Å². The summed E-state index contributed by atoms with van der Waals surface area (Å²) in [7, 11) is 0. The van der Waals surface area contributed by atoms with Gasteiger partial charge in [-0.3, -0.25) is 4.79 Å². The predicted molar refractivity (Wildman–Crippen MR) is 106 cm³/mol. The Morgan fingerprint density at radius 2 is 1.71 bits per heavy atom. The third kappa shape index (κ3) is 4.36. The van der Waals surface area contributed by atoms with Crippen molar-refractivity contribution in [3.05, 3.63) is 46.9 Å². The summed E-state index contributed by atoms with van der Waals surface area (Å²) in [4.78, 5) is 27.0. The highest BCUT2D eigenvalue weighted by Crippen LogP contribution is 2.23. The minimum atomic E-state index is -0.930. The van der Waals surface area contributed by atoms with Crippen LogP contribution in [-0.2, 0) is 14.3 Å². The number of nitrogens with one attached hydrogen (secondary N) is 1. The van der Waals surface area contributed by atoms with Crippen LogP contribution in [0.15, 0.2) is 28.7 Å². The highest BCUT2D eigenvalue weighted by Gasteiger charge is 2.24. The number of carbonyl (C=O) groups is 2. The third-order valence-corrected chi connectivity index (χ3v) is 4.93. The largest absolute Gasteiger partial charge is 0.465 e. The maximum Gasteiger partial charge on any atom is 0.342 e. The summed E-state index contributed by atoms with van der Waals surface area (Å²) in [6.45, 7) is 9.98. The normalized spacial score (nSPS) is 15.2. The van der Waals surface area contributed by atoms with Crippen LogP contribution in [0.4, 0.5) is 11.4 Å². The molecular weight excluding hydrogens is 360 g/mol. The average molecular weight is 386 g/mol. The summed E-state index contributed by atoms with van der Waals surface area (Å²) in [5, 5.41) is 2.78. The van der Waals surface area contributed by atoms with Gasteiger partial charge in [-0.15, -0.1) is 0 Å². The van der Waals surface area contributed by atoms with Crippen molar-refractivity contribution in [2.45, 2.75) is 33.8 Å². The van der Waals surface area contributed by atoms with Crippen LogP contribution in [0, 0.1) is 20.8 Å². The molecule has 2 aromatic rings. The number of ether oxygens (including phenoxy) is 2. The van der Waals surface area contributed by atoms with Crippen molar-refractivity contribution < 1.29 is 23.5 Å². The molecule has 1 atom stereocenters. The molecule has 0 bridgehead atoms. The van der Waals surface area contributed by atoms with Gasteiger partial charge in [0.15, 0.2) is 6.10 Å². The number of anilines is 2. The van der Waals surface area contributed by atoms with Gasteiger partial charge in [0, 0.05) is 30.0 Å². The van der Waals surface area contributed by atoms with E-state index in [1.165, 1.54) is 0 Å². The molecule has 0 saturated carbocycles. The van der Waals surface area contributed by atoms with E-state index < -0.39 is 12.1 Å². The molecule has 1 aliphatic heterocycles. The lowest BCUT2D eigenvalue weighted by molar-refractivity contribution is -0.123. The fourth-order valence-corrected chi connectivity index (χ4v) is 3.19. The maximum absolute atomic E-state index is 12.4. The zero-order valence-corrected chi connectivity index (χ0v) is 16.7. The summed E-state index contributed by atoms with van der Waals surface area (Å²) < 4.78 is 16.1. The van der Waals surface area contributed by atoms with Crippen molar-refractivity contribution in [1.82, 2.24) is 0 Å². The van der Waals surface area contributed by atoms with Crippen molar-refractivity contribution in [2.24, 2.45) is 0 Å². The fourth-order valence-electron chi connectivity index (χ4n) is 3.19. The first-order valence-corrected chi connectivity index (χ1v) is 9.38. The van der Waals surface area contributed by atoms with E-state index >= 15 is 0 Å². The van der Waals surface area contributed by atoms with Crippen LogP contribution in [0.25, 0.3) is 0 Å². The van der Waals surface area contributed by atoms with E-state index in [0.717, 1.165) is 37.6 Å². The number of esters is 1. The highest BCUT2D eigenvalue weighted by molar-refractivity contribution is 5.98. The Labute approximate surface area is 164 Å². The number of hydrogen-bond donors (Lipinski definition) is 1. The molecule has 0 unspecified atom stereocenters. The van der Waals surface area contributed by atoms with Crippen molar-refractivity contribution in [2.75, 3.05) is 36.5 Å². The van der Waals surface area contributed by atoms with Crippen LogP contribution in [0.2, 0.25) is 0 Å². The second-order valence-electron chi connectivity index (χ2n) is 6.90. The zero-order chi connectivity index (χ0) is 20.3. The van der Waals surface area contributed by atoms with Gasteiger partial charge in [0.25, 0.3) is 5.91 Å². The molecular formula is C21H26N2O5. The Hall–Kier alpha value is -2.80. The van der Waals surface area contributed by atoms with E-state index in [4.69, 9.17) is 13.9 Å². The Balaban J connectivity index is 1.58. The summed E-state index contributed by atoms with van der Waals surface area (Å²) in [6, 6.07) is 7.59. The molecule has 0 aliphatic carbocycles. The van der Waals surface area contributed by atoms with Gasteiger partial charge in [0.05, 0.1) is 13.2 Å². The molecule has 28 heavy (non-hydrogen) atoms. The van der Waals surface area contributed by atoms with Crippen molar-refractivity contribution in [1.29, 1.82) is 0 Å². The molecule has 1 aromatic heterocycles. The Bertz CT molecular complexity index is 850. The number of furan rings is 1. The third-order valence-electron chi connectivity index (χ3n) is 4.93. The summed E-state index contributed by atoms with van der Waals surface area (Å²) in [6.07, 6.45) is -0.930. The molecule has 7 heteroatoms. The smallest absolute Gasteiger partial charge is 0.342 e. The molecule has 1 N–H and O–H groups in total. The van der Waals surface area contributed by atoms with Gasteiger partial charge in [-0.1, -0.05) is 0 Å². The number of carbonyl (C=O) groups excluding carboxylic acids is 2. The number of nitrogens with zero attached hydrogens (tertiary/aromatic N) is 1. The number of morpholine rings is 1. The Morgan fingerprint density at radius 1 is 1.07 bits per heavy atom. The lowest BCUT2D eigenvalue weighted by Crippen LogP contribution is -2.36. The molecule has 1 aromatic carbocycles. The number of hydrogen-bond acceptors (Lipinski definition) is 6. The summed E-state index contributed by atoms with van der Waals surface area (Å²) >= 11 is 0. The van der Waals surface area contributed by atoms with Gasteiger partial charge in [0.2, 0.25) is 0 Å². The monoisotopic (exact) mass is 386 g/mol. The van der Waals surface area contributed by atoms with Gasteiger partial charge >= 0.3 is 5.97 Å². The summed E-state index contributed by atoms with van der Waals surface area (Å²) in [5.41, 5.74) is 2.85. The SMILES string of the molecule is Cc1oc(C)c(C(=O)O[C@@H](C)C(=O)Nc2ccc(N3CCOCC3)cc2)c1C. The quantitative estimate of drug-likeness (QED) is 0.795. The van der Waals surface area contributed by atoms with Gasteiger partial charge in [-0.05, 0) is 52.0 Å². The van der Waals surface area contributed by atoms with Crippen LogP contribution in [0.3, 0.4) is 0 Å². The number of benzene rings is 1. The molecule has 0 spiro atoms. The van der Waals surface area contributed by atoms with E-state index in [-0.39, 0.29) is 5.91 Å². The van der Waals surface area contributed by atoms with E-state index in [1.807, 2.05) is 24.3 Å². The van der Waals surface area contributed by atoms with E-state index in [2.05, 4.69) is 10.2 Å². The van der Waals surface area contributed by atoms with Crippen LogP contribution < -0.4 is 10.2 Å². The molecule has 1 aliphatic rings. The first kappa shape index (κ1) is 19.9. The maximum atomic E-state index is 12.4. The molecule has 7 nitrogen and oxygen atoms in total. The second kappa shape index (κ2) is 8.48. The van der Waals surface area contributed by atoms with Crippen LogP contribution in [0.5, 0.6) is 0 Å². The first-order valence-electron chi connectivity index (χ1n) is 9.38. The minimum absolute atomic E-state index is 0.381. The highest BCUT2D eigenvalue weighted by atomic mass is 16.5. The standard InChI is InChI=1S/C21H26N2O5/c1-13-14(2)27-15(3)19(13)21(25)28-16(4)20(24)22-17-5-7-18(8-6-17)23-9-11-26-12-10-23/h5-8,16H,9-12H2,1-4H3,(H,22,24)/t16-/m0/s1. The number of amides is 1. The summed E-state index contributed by atoms with van der Waals surface area (Å²) in [5.74, 6) is 0.216. The van der Waals surface area contributed by atoms with Gasteiger partial charge in [0.1, 0.15) is 17.1 Å². The average Bonchev–Trinajstić information content (AvgIpc) is 2.94. The second-order valence-corrected chi connectivity index (χ2v) is 6.90. The van der Waals surface area contributed by atoms with E-state index in [0.29, 0.717) is 22.8 Å². The first-order chi connectivity index (χ1) is 13.4. The van der Waals surface area contributed by atoms with Crippen LogP contribution >= 0.6 is 0 Å². The van der Waals surface area contributed by atoms with Crippen LogP contribution in [0.1, 0.15) is 34.4 Å². The van der Waals surface area contributed by atoms with Gasteiger partial charge < -0.3 is 24.1 Å². The zero-order valence-electron chi connectivity index (χ0n) is 16.7. The molecule has 3 rings (SSSR count). The lowest BCUT2D eigenvalue weighted by atomic mass is 10.1. The Kier molecular flexibility index (Phi) is 6.04. The lowest BCUT2D eigenvalue weighted by Gasteiger charge is -2.28. The molecule has 2 heterocycles. The fraction of sp³-hybridized carbons (Fsp3) is 0.429. The van der Waals surface area contributed by atoms with Crippen LogP contribution in [-0.4, -0.2) is 44.3 Å². The molecule has 0 radical (unpaired) electrons. The Morgan fingerprint density at radius 3 is 2.29 bits per heavy atom. The topological polar surface area (TPSA) is 81.0 Å². The number of aryl methyl sites for hydroxylation is 2. The van der Waals surface area contributed by atoms with Gasteiger partial charge in [-0.2, -0.15) is 0 Å². The van der Waals surface area contributed by atoms with Crippen molar-refractivity contribution in [3.63, 3.8) is 0 Å². The molecule has 1 fully saturated rings. The van der Waals surface area contributed by atoms with E-state index in [1.54, 1.807) is 27.7 Å². The molecule has 1 amide bonds. The van der Waals surface area contributed by atoms with Crippen molar-refractivity contribution >= 4 is 23.3 Å². The minimum Gasteiger partial charge on any atom is -0.465 e.